The summed E-state index contributed by atoms with van der Waals surface area (Å²) in [7, 11) is -2.31. The first-order valence-electron chi connectivity index (χ1n) is 8.96. The number of sulfonamides is 1. The minimum atomic E-state index is -3.77. The van der Waals surface area contributed by atoms with Crippen LogP contribution in [0.3, 0.4) is 0 Å². The van der Waals surface area contributed by atoms with Gasteiger partial charge < -0.3 is 9.47 Å². The topological polar surface area (TPSA) is 90.0 Å². The van der Waals surface area contributed by atoms with Gasteiger partial charge in [0.1, 0.15) is 15.5 Å². The lowest BCUT2D eigenvalue weighted by molar-refractivity contribution is 0.0476. The average molecular weight is 458 g/mol. The first-order chi connectivity index (χ1) is 13.8. The Morgan fingerprint density at radius 3 is 2.55 bits per heavy atom. The van der Waals surface area contributed by atoms with E-state index >= 15 is 0 Å². The van der Waals surface area contributed by atoms with Crippen LogP contribution in [0.2, 0.25) is 5.02 Å². The third kappa shape index (κ3) is 4.80. The van der Waals surface area contributed by atoms with Gasteiger partial charge in [-0.2, -0.15) is 4.31 Å². The van der Waals surface area contributed by atoms with Crippen molar-refractivity contribution in [2.75, 3.05) is 26.8 Å². The Morgan fingerprint density at radius 1 is 1.17 bits per heavy atom. The molecule has 1 aromatic carbocycles. The van der Waals surface area contributed by atoms with Crippen LogP contribution >= 0.6 is 22.9 Å². The molecule has 1 aromatic heterocycles. The number of ether oxygens (including phenoxy) is 2. The molecule has 29 heavy (non-hydrogen) atoms. The van der Waals surface area contributed by atoms with Gasteiger partial charge in [0.25, 0.3) is 0 Å². The van der Waals surface area contributed by atoms with Crippen LogP contribution in [0.15, 0.2) is 34.5 Å². The first kappa shape index (κ1) is 21.8. The van der Waals surface area contributed by atoms with E-state index in [9.17, 15) is 18.0 Å². The number of hydrogen-bond donors (Lipinski definition) is 0. The van der Waals surface area contributed by atoms with Gasteiger partial charge in [0, 0.05) is 18.7 Å². The SMILES string of the molecule is COc1ccc(C(=O)COC(=O)c2sccc2S(=O)(=O)N2CCCCC2)cc1Cl. The van der Waals surface area contributed by atoms with E-state index in [4.69, 9.17) is 21.1 Å². The highest BCUT2D eigenvalue weighted by Gasteiger charge is 2.31. The van der Waals surface area contributed by atoms with Gasteiger partial charge in [-0.25, -0.2) is 13.2 Å². The number of halogens is 1. The fourth-order valence-electron chi connectivity index (χ4n) is 3.01. The quantitative estimate of drug-likeness (QED) is 0.466. The Morgan fingerprint density at radius 2 is 1.90 bits per heavy atom. The molecule has 7 nitrogen and oxygen atoms in total. The third-order valence-corrected chi connectivity index (χ3v) is 7.82. The molecule has 1 saturated heterocycles. The smallest absolute Gasteiger partial charge is 0.350 e. The second-order valence-electron chi connectivity index (χ2n) is 6.43. The summed E-state index contributed by atoms with van der Waals surface area (Å²) in [6.45, 7) is 0.343. The van der Waals surface area contributed by atoms with Gasteiger partial charge in [-0.3, -0.25) is 4.79 Å². The zero-order valence-corrected chi connectivity index (χ0v) is 18.1. The number of carbonyl (C=O) groups excluding carboxylic acids is 2. The van der Waals surface area contributed by atoms with E-state index in [1.165, 1.54) is 35.0 Å². The number of rotatable bonds is 7. The van der Waals surface area contributed by atoms with E-state index in [-0.39, 0.29) is 20.4 Å². The zero-order valence-electron chi connectivity index (χ0n) is 15.7. The van der Waals surface area contributed by atoms with Crippen molar-refractivity contribution in [1.82, 2.24) is 4.31 Å². The molecule has 0 atom stereocenters. The van der Waals surface area contributed by atoms with Crippen molar-refractivity contribution >= 4 is 44.7 Å². The summed E-state index contributed by atoms with van der Waals surface area (Å²) in [6.07, 6.45) is 2.58. The van der Waals surface area contributed by atoms with Crippen LogP contribution in [0.1, 0.15) is 39.3 Å². The van der Waals surface area contributed by atoms with E-state index in [2.05, 4.69) is 0 Å². The van der Waals surface area contributed by atoms with Gasteiger partial charge in [0.15, 0.2) is 12.4 Å². The van der Waals surface area contributed by atoms with Gasteiger partial charge in [-0.1, -0.05) is 18.0 Å². The van der Waals surface area contributed by atoms with Gasteiger partial charge in [-0.15, -0.1) is 11.3 Å². The fraction of sp³-hybridized carbons (Fsp3) is 0.368. The molecule has 0 N–H and O–H groups in total. The fourth-order valence-corrected chi connectivity index (χ4v) is 6.07. The molecule has 10 heteroatoms. The zero-order chi connectivity index (χ0) is 21.0. The summed E-state index contributed by atoms with van der Waals surface area (Å²) in [4.78, 5) is 24.7. The molecule has 1 aliphatic heterocycles. The minimum Gasteiger partial charge on any atom is -0.495 e. The van der Waals surface area contributed by atoms with Crippen LogP contribution in [0.4, 0.5) is 0 Å². The lowest BCUT2D eigenvalue weighted by Gasteiger charge is -2.25. The van der Waals surface area contributed by atoms with Gasteiger partial charge in [0.2, 0.25) is 10.0 Å². The van der Waals surface area contributed by atoms with E-state index in [0.717, 1.165) is 30.6 Å². The lowest BCUT2D eigenvalue weighted by Crippen LogP contribution is -2.36. The number of Topliss-reactive ketones (excluding diaryl/α,β-unsaturated/α-hetero) is 1. The summed E-state index contributed by atoms with van der Waals surface area (Å²) in [5.74, 6) is -0.880. The summed E-state index contributed by atoms with van der Waals surface area (Å²) in [6, 6.07) is 5.88. The maximum Gasteiger partial charge on any atom is 0.350 e. The molecule has 1 aliphatic rings. The number of methoxy groups -OCH3 is 1. The number of piperidine rings is 1. The van der Waals surface area contributed by atoms with Crippen molar-refractivity contribution in [3.63, 3.8) is 0 Å². The van der Waals surface area contributed by atoms with Crippen molar-refractivity contribution in [1.29, 1.82) is 0 Å². The summed E-state index contributed by atoms with van der Waals surface area (Å²) < 4.78 is 37.2. The summed E-state index contributed by atoms with van der Waals surface area (Å²) in [5.41, 5.74) is 0.260. The highest BCUT2D eigenvalue weighted by molar-refractivity contribution is 7.89. The van der Waals surface area contributed by atoms with Crippen LogP contribution in [-0.2, 0) is 14.8 Å². The predicted molar refractivity (Wildman–Crippen MR) is 110 cm³/mol. The maximum atomic E-state index is 12.9. The van der Waals surface area contributed by atoms with Gasteiger partial charge in [0.05, 0.1) is 12.1 Å². The molecule has 156 valence electrons. The Kier molecular flexibility index (Phi) is 6.94. The minimum absolute atomic E-state index is 0.0314. The van der Waals surface area contributed by atoms with Crippen molar-refractivity contribution < 1.29 is 27.5 Å². The molecule has 0 spiro atoms. The number of ketones is 1. The molecule has 1 fully saturated rings. The molecule has 0 bridgehead atoms. The maximum absolute atomic E-state index is 12.9. The number of esters is 1. The standard InChI is InChI=1S/C19H20ClNO6S2/c1-26-16-6-5-13(11-14(16)20)15(22)12-27-19(23)18-17(7-10-28-18)29(24,25)21-8-3-2-4-9-21/h5-7,10-11H,2-4,8-9,12H2,1H3. The lowest BCUT2D eigenvalue weighted by atomic mass is 10.1. The van der Waals surface area contributed by atoms with Crippen molar-refractivity contribution in [2.45, 2.75) is 24.2 Å². The summed E-state index contributed by atoms with van der Waals surface area (Å²) in [5, 5.41) is 1.79. The molecular weight excluding hydrogens is 438 g/mol. The molecule has 2 heterocycles. The number of benzene rings is 1. The van der Waals surface area contributed by atoms with Crippen molar-refractivity contribution in [3.8, 4) is 5.75 Å². The molecule has 0 amide bonds. The Bertz CT molecular complexity index is 1010. The average Bonchev–Trinajstić information content (AvgIpc) is 3.23. The van der Waals surface area contributed by atoms with Crippen LogP contribution in [0, 0.1) is 0 Å². The second-order valence-corrected chi connectivity index (χ2v) is 9.66. The molecule has 3 rings (SSSR count). The van der Waals surface area contributed by atoms with E-state index < -0.39 is 28.4 Å². The Labute approximate surface area is 178 Å². The Balaban J connectivity index is 1.70. The molecule has 0 saturated carbocycles. The van der Waals surface area contributed by atoms with Gasteiger partial charge >= 0.3 is 5.97 Å². The third-order valence-electron chi connectivity index (χ3n) is 4.56. The normalized spacial score (nSPS) is 15.1. The van der Waals surface area contributed by atoms with Crippen molar-refractivity contribution in [3.05, 3.63) is 45.1 Å². The van der Waals surface area contributed by atoms with E-state index in [1.54, 1.807) is 6.07 Å². The summed E-state index contributed by atoms with van der Waals surface area (Å²) >= 11 is 6.98. The predicted octanol–water partition coefficient (Wildman–Crippen LogP) is 3.62. The first-order valence-corrected chi connectivity index (χ1v) is 11.7. The van der Waals surface area contributed by atoms with Crippen LogP contribution < -0.4 is 4.74 Å². The van der Waals surface area contributed by atoms with Gasteiger partial charge in [-0.05, 0) is 42.5 Å². The number of nitrogens with zero attached hydrogens (tertiary/aromatic N) is 1. The molecule has 0 unspecified atom stereocenters. The second kappa shape index (κ2) is 9.25. The monoisotopic (exact) mass is 457 g/mol. The van der Waals surface area contributed by atoms with Crippen molar-refractivity contribution in [2.24, 2.45) is 0 Å². The van der Waals surface area contributed by atoms with E-state index in [1.807, 2.05) is 0 Å². The van der Waals surface area contributed by atoms with Crippen LogP contribution in [0.25, 0.3) is 0 Å². The number of carbonyl (C=O) groups is 2. The van der Waals surface area contributed by atoms with Crippen LogP contribution in [-0.4, -0.2) is 51.3 Å². The van der Waals surface area contributed by atoms with E-state index in [0.29, 0.717) is 18.8 Å². The molecule has 0 aliphatic carbocycles. The molecule has 2 aromatic rings. The number of thiophene rings is 1. The number of hydrogen-bond acceptors (Lipinski definition) is 7. The highest BCUT2D eigenvalue weighted by atomic mass is 35.5. The largest absolute Gasteiger partial charge is 0.495 e. The molecular formula is C19H20ClNO6S2. The van der Waals surface area contributed by atoms with Crippen LogP contribution in [0.5, 0.6) is 5.75 Å². The highest BCUT2D eigenvalue weighted by Crippen LogP contribution is 2.28. The Hall–Kier alpha value is -1.94. The molecule has 0 radical (unpaired) electrons.